The predicted molar refractivity (Wildman–Crippen MR) is 171 cm³/mol. The first kappa shape index (κ1) is 33.0. The van der Waals surface area contributed by atoms with E-state index in [-0.39, 0.29) is 48.5 Å². The van der Waals surface area contributed by atoms with Crippen LogP contribution in [0.25, 0.3) is 16.9 Å². The lowest BCUT2D eigenvalue weighted by molar-refractivity contribution is -0.138. The number of carbonyl (C=O) groups is 2. The van der Waals surface area contributed by atoms with Crippen molar-refractivity contribution >= 4 is 41.4 Å². The highest BCUT2D eigenvalue weighted by Gasteiger charge is 2.32. The molecule has 1 unspecified atom stereocenters. The van der Waals surface area contributed by atoms with Gasteiger partial charge in [0.2, 0.25) is 5.91 Å². The summed E-state index contributed by atoms with van der Waals surface area (Å²) in [5, 5.41) is 16.0. The molecule has 4 heterocycles. The molecule has 0 bridgehead atoms. The summed E-state index contributed by atoms with van der Waals surface area (Å²) in [6, 6.07) is 11.8. The Labute approximate surface area is 271 Å². The van der Waals surface area contributed by atoms with Crippen LogP contribution in [-0.2, 0) is 4.79 Å². The first-order valence-electron chi connectivity index (χ1n) is 15.0. The van der Waals surface area contributed by atoms with Gasteiger partial charge in [-0.1, -0.05) is 0 Å². The summed E-state index contributed by atoms with van der Waals surface area (Å²) >= 11 is 0. The number of aryl methyl sites for hydroxylation is 1. The van der Waals surface area contributed by atoms with Crippen LogP contribution in [0, 0.1) is 12.8 Å². The van der Waals surface area contributed by atoms with Crippen molar-refractivity contribution in [3.63, 3.8) is 0 Å². The average Bonchev–Trinajstić information content (AvgIpc) is 3.50. The van der Waals surface area contributed by atoms with E-state index in [1.165, 1.54) is 12.1 Å². The standard InChI is InChI=1S/C32H35F2N7O4.ClH/c1-20-16-23(38-28-29-37-17-27(41(29)15-11-36-28)21-2-5-25(6-3-21)45-32(33)34)4-7-26(20)31(44)39-12-8-22(9-13-39)30(43)40-14-10-35-24(18-40)19-42;/h2-7,11,15-17,22,24,32,35,42H,8-10,12-14,18-19H2,1H3,(H,36,38);1H. The number of ether oxygens (including phenoxy) is 1. The number of alkyl halides is 2. The highest BCUT2D eigenvalue weighted by Crippen LogP contribution is 2.29. The maximum Gasteiger partial charge on any atom is 0.387 e. The summed E-state index contributed by atoms with van der Waals surface area (Å²) in [7, 11) is 0. The Bertz CT molecular complexity index is 1680. The summed E-state index contributed by atoms with van der Waals surface area (Å²) in [6.45, 7) is 1.84. The minimum Gasteiger partial charge on any atom is -0.435 e. The van der Waals surface area contributed by atoms with Gasteiger partial charge >= 0.3 is 6.61 Å². The number of hydrogen-bond donors (Lipinski definition) is 3. The topological polar surface area (TPSA) is 124 Å². The number of piperazine rings is 1. The normalized spacial score (nSPS) is 17.2. The monoisotopic (exact) mass is 655 g/mol. The number of nitrogens with zero attached hydrogens (tertiary/aromatic N) is 5. The van der Waals surface area contributed by atoms with Crippen LogP contribution >= 0.6 is 12.4 Å². The number of aliphatic hydroxyl groups excluding tert-OH is 1. The Kier molecular flexibility index (Phi) is 10.3. The number of amides is 2. The number of aliphatic hydroxyl groups is 1. The van der Waals surface area contributed by atoms with Crippen LogP contribution in [0.3, 0.4) is 0 Å². The number of hydrogen-bond acceptors (Lipinski definition) is 8. The fourth-order valence-electron chi connectivity index (χ4n) is 6.05. The highest BCUT2D eigenvalue weighted by atomic mass is 35.5. The predicted octanol–water partition coefficient (Wildman–Crippen LogP) is 4.12. The molecule has 2 fully saturated rings. The number of likely N-dealkylation sites (tertiary alicyclic amines) is 1. The summed E-state index contributed by atoms with van der Waals surface area (Å²) < 4.78 is 31.3. The molecule has 2 aromatic heterocycles. The second-order valence-electron chi connectivity index (χ2n) is 11.4. The third-order valence-electron chi connectivity index (χ3n) is 8.44. The molecule has 0 spiro atoms. The number of fused-ring (bicyclic) bond motifs is 1. The van der Waals surface area contributed by atoms with Crippen LogP contribution in [0.1, 0.15) is 28.8 Å². The van der Waals surface area contributed by atoms with Crippen LogP contribution in [0.4, 0.5) is 20.3 Å². The average molecular weight is 656 g/mol. The summed E-state index contributed by atoms with van der Waals surface area (Å²) in [5.74, 6) is 0.527. The van der Waals surface area contributed by atoms with Crippen molar-refractivity contribution < 1.29 is 28.2 Å². The van der Waals surface area contributed by atoms with Gasteiger partial charge in [-0.3, -0.25) is 14.0 Å². The fraction of sp³-hybridized carbons (Fsp3) is 0.375. The number of halogens is 3. The van der Waals surface area contributed by atoms with Crippen molar-refractivity contribution in [1.29, 1.82) is 0 Å². The van der Waals surface area contributed by atoms with Crippen LogP contribution in [0.5, 0.6) is 5.75 Å². The Balaban J connectivity index is 0.00000417. The zero-order valence-electron chi connectivity index (χ0n) is 25.2. The first-order chi connectivity index (χ1) is 21.8. The molecule has 4 aromatic rings. The van der Waals surface area contributed by atoms with Crippen molar-refractivity contribution in [1.82, 2.24) is 29.5 Å². The van der Waals surface area contributed by atoms with E-state index in [2.05, 4.69) is 25.3 Å². The third kappa shape index (κ3) is 7.06. The van der Waals surface area contributed by atoms with Gasteiger partial charge in [-0.2, -0.15) is 8.78 Å². The minimum absolute atomic E-state index is 0. The van der Waals surface area contributed by atoms with Gasteiger partial charge < -0.3 is 30.3 Å². The number of piperidine rings is 1. The van der Waals surface area contributed by atoms with Gasteiger partial charge in [0.05, 0.1) is 18.5 Å². The lowest BCUT2D eigenvalue weighted by atomic mass is 9.94. The van der Waals surface area contributed by atoms with Gasteiger partial charge in [-0.05, 0) is 67.8 Å². The SMILES string of the molecule is Cc1cc(Nc2nccn3c(-c4ccc(OC(F)F)cc4)cnc23)ccc1C(=O)N1CCC(C(=O)N2CCNC(CO)C2)CC1.Cl. The van der Waals surface area contributed by atoms with Crippen molar-refractivity contribution in [3.8, 4) is 17.0 Å². The number of carbonyl (C=O) groups excluding carboxylic acids is 2. The van der Waals surface area contributed by atoms with E-state index in [4.69, 9.17) is 0 Å². The molecule has 14 heteroatoms. The first-order valence-corrected chi connectivity index (χ1v) is 15.0. The molecule has 0 saturated carbocycles. The maximum absolute atomic E-state index is 13.4. The van der Waals surface area contributed by atoms with Crippen LogP contribution < -0.4 is 15.4 Å². The lowest BCUT2D eigenvalue weighted by Crippen LogP contribution is -2.56. The number of benzene rings is 2. The Morgan fingerprint density at radius 3 is 2.54 bits per heavy atom. The quantitative estimate of drug-likeness (QED) is 0.259. The number of anilines is 2. The van der Waals surface area contributed by atoms with E-state index in [1.54, 1.807) is 36.8 Å². The maximum atomic E-state index is 13.4. The summed E-state index contributed by atoms with van der Waals surface area (Å²) in [5.41, 5.74) is 4.25. The third-order valence-corrected chi connectivity index (χ3v) is 8.44. The molecular weight excluding hydrogens is 620 g/mol. The van der Waals surface area contributed by atoms with Gasteiger partial charge in [-0.15, -0.1) is 12.4 Å². The smallest absolute Gasteiger partial charge is 0.387 e. The van der Waals surface area contributed by atoms with Crippen molar-refractivity contribution in [3.05, 3.63) is 72.2 Å². The number of rotatable bonds is 8. The van der Waals surface area contributed by atoms with Gasteiger partial charge in [0.25, 0.3) is 5.91 Å². The van der Waals surface area contributed by atoms with Crippen LogP contribution in [-0.4, -0.2) is 93.1 Å². The van der Waals surface area contributed by atoms with E-state index in [9.17, 15) is 23.5 Å². The molecule has 6 rings (SSSR count). The van der Waals surface area contributed by atoms with E-state index >= 15 is 0 Å². The zero-order chi connectivity index (χ0) is 31.5. The van der Waals surface area contributed by atoms with E-state index in [0.29, 0.717) is 62.6 Å². The number of nitrogens with one attached hydrogen (secondary N) is 2. The molecule has 2 aliphatic heterocycles. The number of imidazole rings is 1. The Morgan fingerprint density at radius 2 is 1.85 bits per heavy atom. The van der Waals surface area contributed by atoms with Gasteiger partial charge in [0.1, 0.15) is 5.75 Å². The van der Waals surface area contributed by atoms with Crippen LogP contribution in [0.2, 0.25) is 0 Å². The molecule has 1 atom stereocenters. The zero-order valence-corrected chi connectivity index (χ0v) is 26.1. The highest BCUT2D eigenvalue weighted by molar-refractivity contribution is 5.96. The van der Waals surface area contributed by atoms with Crippen LogP contribution in [0.15, 0.2) is 61.1 Å². The van der Waals surface area contributed by atoms with Crippen molar-refractivity contribution in [2.45, 2.75) is 32.4 Å². The molecule has 46 heavy (non-hydrogen) atoms. The van der Waals surface area contributed by atoms with Crippen molar-refractivity contribution in [2.24, 2.45) is 5.92 Å². The molecule has 0 radical (unpaired) electrons. The molecular formula is C32H36ClF2N7O4. The molecule has 2 aliphatic rings. The van der Waals surface area contributed by atoms with E-state index in [0.717, 1.165) is 22.5 Å². The molecule has 2 amide bonds. The Hall–Kier alpha value is -4.33. The lowest BCUT2D eigenvalue weighted by Gasteiger charge is -2.38. The molecule has 2 saturated heterocycles. The fourth-order valence-corrected chi connectivity index (χ4v) is 6.05. The molecule has 244 valence electrons. The van der Waals surface area contributed by atoms with Gasteiger partial charge in [0, 0.05) is 73.9 Å². The van der Waals surface area contributed by atoms with Gasteiger partial charge in [0.15, 0.2) is 11.5 Å². The Morgan fingerprint density at radius 1 is 1.09 bits per heavy atom. The van der Waals surface area contributed by atoms with Gasteiger partial charge in [-0.25, -0.2) is 9.97 Å². The largest absolute Gasteiger partial charge is 0.435 e. The van der Waals surface area contributed by atoms with E-state index in [1.807, 2.05) is 33.3 Å². The van der Waals surface area contributed by atoms with Crippen molar-refractivity contribution in [2.75, 3.05) is 44.6 Å². The molecule has 2 aromatic carbocycles. The molecule has 11 nitrogen and oxygen atoms in total. The summed E-state index contributed by atoms with van der Waals surface area (Å²) in [4.78, 5) is 39.1. The summed E-state index contributed by atoms with van der Waals surface area (Å²) in [6.07, 6.45) is 6.33. The van der Waals surface area contributed by atoms with E-state index < -0.39 is 6.61 Å². The molecule has 3 N–H and O–H groups in total. The second kappa shape index (κ2) is 14.4. The number of aromatic nitrogens is 3. The molecule has 0 aliphatic carbocycles. The second-order valence-corrected chi connectivity index (χ2v) is 11.4. The minimum atomic E-state index is -2.89.